The lowest BCUT2D eigenvalue weighted by atomic mass is 10.1. The highest BCUT2D eigenvalue weighted by molar-refractivity contribution is 5.95. The maximum atomic E-state index is 12.6. The fourth-order valence-corrected chi connectivity index (χ4v) is 3.00. The van der Waals surface area contributed by atoms with Crippen molar-refractivity contribution in [2.75, 3.05) is 0 Å². The molecule has 1 amide bonds. The smallest absolute Gasteiger partial charge is 0.326 e. The molecule has 0 bridgehead atoms. The number of amides is 1. The molecule has 1 heterocycles. The van der Waals surface area contributed by atoms with E-state index in [1.54, 1.807) is 6.07 Å². The van der Waals surface area contributed by atoms with Crippen molar-refractivity contribution < 1.29 is 14.7 Å². The second-order valence-corrected chi connectivity index (χ2v) is 7.87. The molecule has 0 spiro atoms. The zero-order chi connectivity index (χ0) is 18.9. The molecule has 1 aliphatic carbocycles. The highest BCUT2D eigenvalue weighted by atomic mass is 16.4. The molecule has 6 heteroatoms. The van der Waals surface area contributed by atoms with Crippen molar-refractivity contribution in [1.29, 1.82) is 0 Å². The molecule has 0 radical (unpaired) electrons. The first-order valence-electron chi connectivity index (χ1n) is 8.94. The maximum Gasteiger partial charge on any atom is 0.326 e. The lowest BCUT2D eigenvalue weighted by Gasteiger charge is -2.22. The van der Waals surface area contributed by atoms with E-state index in [1.165, 1.54) is 0 Å². The number of carboxylic acids is 1. The third-order valence-corrected chi connectivity index (χ3v) is 4.49. The van der Waals surface area contributed by atoms with Crippen molar-refractivity contribution in [3.63, 3.8) is 0 Å². The fraction of sp³-hybridized carbons (Fsp3) is 0.450. The number of rotatable bonds is 6. The van der Waals surface area contributed by atoms with Crippen molar-refractivity contribution in [1.82, 2.24) is 15.1 Å². The number of aromatic nitrogens is 2. The van der Waals surface area contributed by atoms with Gasteiger partial charge < -0.3 is 10.4 Å². The van der Waals surface area contributed by atoms with Gasteiger partial charge in [0.05, 0.1) is 5.54 Å². The molecule has 0 aliphatic heterocycles. The average molecular weight is 355 g/mol. The van der Waals surface area contributed by atoms with E-state index in [0.717, 1.165) is 24.1 Å². The summed E-state index contributed by atoms with van der Waals surface area (Å²) in [5.74, 6) is -1.05. The van der Waals surface area contributed by atoms with Crippen LogP contribution in [0.5, 0.6) is 0 Å². The van der Waals surface area contributed by atoms with E-state index in [9.17, 15) is 14.7 Å². The van der Waals surface area contributed by atoms with Gasteiger partial charge in [-0.15, -0.1) is 0 Å². The van der Waals surface area contributed by atoms with Gasteiger partial charge in [-0.3, -0.25) is 9.48 Å². The van der Waals surface area contributed by atoms with Gasteiger partial charge in [-0.1, -0.05) is 30.3 Å². The third kappa shape index (κ3) is 4.12. The Morgan fingerprint density at radius 2 is 1.92 bits per heavy atom. The number of carboxylic acid groups (broad SMARTS) is 1. The van der Waals surface area contributed by atoms with E-state index < -0.39 is 17.9 Å². The van der Waals surface area contributed by atoms with E-state index in [2.05, 4.69) is 10.4 Å². The second-order valence-electron chi connectivity index (χ2n) is 7.87. The van der Waals surface area contributed by atoms with Crippen LogP contribution in [0.4, 0.5) is 0 Å². The van der Waals surface area contributed by atoms with Crippen molar-refractivity contribution in [3.8, 4) is 0 Å². The summed E-state index contributed by atoms with van der Waals surface area (Å²) in [6.07, 6.45) is 2.44. The van der Waals surface area contributed by atoms with Crippen LogP contribution in [0.15, 0.2) is 36.4 Å². The Balaban J connectivity index is 1.78. The summed E-state index contributed by atoms with van der Waals surface area (Å²) in [7, 11) is 0. The zero-order valence-electron chi connectivity index (χ0n) is 15.4. The van der Waals surface area contributed by atoms with Crippen molar-refractivity contribution in [3.05, 3.63) is 53.3 Å². The molecule has 6 nitrogen and oxygen atoms in total. The van der Waals surface area contributed by atoms with Gasteiger partial charge in [0.2, 0.25) is 0 Å². The molecule has 26 heavy (non-hydrogen) atoms. The Labute approximate surface area is 153 Å². The van der Waals surface area contributed by atoms with Gasteiger partial charge >= 0.3 is 5.97 Å². The van der Waals surface area contributed by atoms with Gasteiger partial charge in [-0.05, 0) is 45.2 Å². The molecule has 1 aromatic heterocycles. The van der Waals surface area contributed by atoms with Crippen LogP contribution in [0, 0.1) is 0 Å². The second kappa shape index (κ2) is 6.94. The Hall–Kier alpha value is -2.63. The lowest BCUT2D eigenvalue weighted by molar-refractivity contribution is -0.139. The van der Waals surface area contributed by atoms with Gasteiger partial charge in [0.15, 0.2) is 0 Å². The standard InChI is InChI=1S/C20H25N3O3/c1-20(2,3)23-17(14-9-10-14)12-15(22-23)18(24)21-16(19(25)26)11-13-7-5-4-6-8-13/h4-8,12,14,16H,9-11H2,1-3H3,(H,21,24)(H,25,26)/t16-/m1/s1. The monoisotopic (exact) mass is 355 g/mol. The highest BCUT2D eigenvalue weighted by Gasteiger charge is 2.33. The molecule has 1 aliphatic rings. The Morgan fingerprint density at radius 3 is 2.46 bits per heavy atom. The van der Waals surface area contributed by atoms with Gasteiger partial charge in [-0.25, -0.2) is 4.79 Å². The molecule has 0 saturated heterocycles. The summed E-state index contributed by atoms with van der Waals surface area (Å²) in [5, 5.41) is 16.6. The van der Waals surface area contributed by atoms with Crippen LogP contribution < -0.4 is 5.32 Å². The van der Waals surface area contributed by atoms with Crippen LogP contribution >= 0.6 is 0 Å². The molecule has 1 atom stereocenters. The van der Waals surface area contributed by atoms with Crippen LogP contribution in [0.25, 0.3) is 0 Å². The van der Waals surface area contributed by atoms with Crippen LogP contribution in [0.3, 0.4) is 0 Å². The van der Waals surface area contributed by atoms with E-state index >= 15 is 0 Å². The molecule has 2 aromatic rings. The molecule has 138 valence electrons. The molecule has 0 unspecified atom stereocenters. The number of nitrogens with zero attached hydrogens (tertiary/aromatic N) is 2. The van der Waals surface area contributed by atoms with Gasteiger partial charge in [0.1, 0.15) is 11.7 Å². The summed E-state index contributed by atoms with van der Waals surface area (Å²) in [4.78, 5) is 24.2. The summed E-state index contributed by atoms with van der Waals surface area (Å²) in [6, 6.07) is 10.1. The summed E-state index contributed by atoms with van der Waals surface area (Å²) < 4.78 is 1.90. The van der Waals surface area contributed by atoms with Crippen LogP contribution in [0.2, 0.25) is 0 Å². The Bertz CT molecular complexity index is 801. The van der Waals surface area contributed by atoms with E-state index in [0.29, 0.717) is 5.92 Å². The van der Waals surface area contributed by atoms with Crippen LogP contribution in [-0.4, -0.2) is 32.8 Å². The molecule has 1 fully saturated rings. The molecule has 3 rings (SSSR count). The minimum atomic E-state index is -1.06. The predicted molar refractivity (Wildman–Crippen MR) is 98.2 cm³/mol. The first-order valence-corrected chi connectivity index (χ1v) is 8.94. The summed E-state index contributed by atoms with van der Waals surface area (Å²) in [5.41, 5.74) is 1.96. The number of carbonyl (C=O) groups excluding carboxylic acids is 1. The number of benzene rings is 1. The van der Waals surface area contributed by atoms with Gasteiger partial charge in [-0.2, -0.15) is 5.10 Å². The average Bonchev–Trinajstić information content (AvgIpc) is 3.31. The number of carbonyl (C=O) groups is 2. The SMILES string of the molecule is CC(C)(C)n1nc(C(=O)N[C@H](Cc2ccccc2)C(=O)O)cc1C1CC1. The van der Waals surface area contributed by atoms with Crippen LogP contribution in [0.1, 0.15) is 61.3 Å². The number of aliphatic carboxylic acids is 1. The van der Waals surface area contributed by atoms with E-state index in [4.69, 9.17) is 0 Å². The van der Waals surface area contributed by atoms with E-state index in [-0.39, 0.29) is 17.7 Å². The van der Waals surface area contributed by atoms with Gasteiger partial charge in [0, 0.05) is 18.0 Å². The molecule has 1 saturated carbocycles. The number of hydrogen-bond donors (Lipinski definition) is 2. The Morgan fingerprint density at radius 1 is 1.27 bits per heavy atom. The quantitative estimate of drug-likeness (QED) is 0.834. The molecular formula is C20H25N3O3. The first-order chi connectivity index (χ1) is 12.3. The highest BCUT2D eigenvalue weighted by Crippen LogP contribution is 2.41. The van der Waals surface area contributed by atoms with E-state index in [1.807, 2.05) is 55.8 Å². The van der Waals surface area contributed by atoms with Crippen molar-refractivity contribution in [2.45, 2.75) is 57.5 Å². The number of nitrogens with one attached hydrogen (secondary N) is 1. The normalized spacial score (nSPS) is 15.5. The predicted octanol–water partition coefficient (Wildman–Crippen LogP) is 2.94. The van der Waals surface area contributed by atoms with Crippen LogP contribution in [-0.2, 0) is 16.8 Å². The molecular weight excluding hydrogens is 330 g/mol. The fourth-order valence-electron chi connectivity index (χ4n) is 3.00. The first kappa shape index (κ1) is 18.2. The lowest BCUT2D eigenvalue weighted by Crippen LogP contribution is -2.42. The maximum absolute atomic E-state index is 12.6. The van der Waals surface area contributed by atoms with Crippen molar-refractivity contribution >= 4 is 11.9 Å². The molecule has 1 aromatic carbocycles. The third-order valence-electron chi connectivity index (χ3n) is 4.49. The zero-order valence-corrected chi connectivity index (χ0v) is 15.4. The minimum absolute atomic E-state index is 0.229. The van der Waals surface area contributed by atoms with Crippen molar-refractivity contribution in [2.24, 2.45) is 0 Å². The Kier molecular flexibility index (Phi) is 4.85. The van der Waals surface area contributed by atoms with Gasteiger partial charge in [0.25, 0.3) is 5.91 Å². The topological polar surface area (TPSA) is 84.2 Å². The number of hydrogen-bond acceptors (Lipinski definition) is 3. The summed E-state index contributed by atoms with van der Waals surface area (Å²) in [6.45, 7) is 6.13. The minimum Gasteiger partial charge on any atom is -0.480 e. The largest absolute Gasteiger partial charge is 0.480 e. The summed E-state index contributed by atoms with van der Waals surface area (Å²) >= 11 is 0. The molecule has 2 N–H and O–H groups in total.